The Bertz CT molecular complexity index is 1110. The summed E-state index contributed by atoms with van der Waals surface area (Å²) in [5.41, 5.74) is 1.94. The topological polar surface area (TPSA) is 84.5 Å². The van der Waals surface area contributed by atoms with E-state index in [0.717, 1.165) is 6.42 Å². The number of para-hydroxylation sites is 1. The van der Waals surface area contributed by atoms with Crippen molar-refractivity contribution < 1.29 is 17.9 Å². The van der Waals surface area contributed by atoms with Gasteiger partial charge in [-0.25, -0.2) is 8.42 Å². The van der Waals surface area contributed by atoms with E-state index in [9.17, 15) is 13.2 Å². The Morgan fingerprint density at radius 1 is 0.967 bits per heavy atom. The van der Waals surface area contributed by atoms with Crippen molar-refractivity contribution in [2.24, 2.45) is 0 Å². The van der Waals surface area contributed by atoms with E-state index >= 15 is 0 Å². The number of amides is 1. The molecule has 156 valence electrons. The van der Waals surface area contributed by atoms with Crippen LogP contribution >= 0.6 is 11.6 Å². The molecule has 0 aliphatic rings. The van der Waals surface area contributed by atoms with Gasteiger partial charge in [0.05, 0.1) is 15.6 Å². The average molecular weight is 445 g/mol. The van der Waals surface area contributed by atoms with Crippen molar-refractivity contribution in [1.29, 1.82) is 0 Å². The number of carbonyl (C=O) groups is 1. The molecule has 0 aliphatic carbocycles. The molecule has 3 aromatic rings. The molecular formula is C22H21ClN2O4S. The number of hydrogen-bond donors (Lipinski definition) is 2. The lowest BCUT2D eigenvalue weighted by Gasteiger charge is -2.11. The highest BCUT2D eigenvalue weighted by Gasteiger charge is 2.15. The number of anilines is 2. The lowest BCUT2D eigenvalue weighted by Crippen LogP contribution is -2.20. The molecule has 2 N–H and O–H groups in total. The molecule has 0 atom stereocenters. The van der Waals surface area contributed by atoms with Crippen molar-refractivity contribution in [3.63, 3.8) is 0 Å². The van der Waals surface area contributed by atoms with Gasteiger partial charge in [0.25, 0.3) is 15.9 Å². The molecule has 0 aliphatic heterocycles. The standard InChI is InChI=1S/C22H21ClN2O4S/c1-2-16-7-11-18(12-8-16)29-15-22(26)24-17-9-13-19(14-10-17)30(27,28)25-21-6-4-3-5-20(21)23/h3-14,25H,2,15H2,1H3,(H,24,26). The van der Waals surface area contributed by atoms with Crippen molar-refractivity contribution in [3.8, 4) is 5.75 Å². The summed E-state index contributed by atoms with van der Waals surface area (Å²) in [4.78, 5) is 12.1. The third-order valence-corrected chi connectivity index (χ3v) is 5.98. The second-order valence-electron chi connectivity index (χ2n) is 6.44. The first-order chi connectivity index (χ1) is 14.4. The molecule has 8 heteroatoms. The highest BCUT2D eigenvalue weighted by molar-refractivity contribution is 7.92. The summed E-state index contributed by atoms with van der Waals surface area (Å²) in [5, 5.41) is 2.97. The molecule has 0 spiro atoms. The lowest BCUT2D eigenvalue weighted by atomic mass is 10.2. The third-order valence-electron chi connectivity index (χ3n) is 4.27. The summed E-state index contributed by atoms with van der Waals surface area (Å²) in [5.74, 6) is 0.258. The van der Waals surface area contributed by atoms with E-state index in [1.54, 1.807) is 24.3 Å². The minimum atomic E-state index is -3.80. The molecule has 3 rings (SSSR count). The average Bonchev–Trinajstić information content (AvgIpc) is 2.74. The van der Waals surface area contributed by atoms with Crippen LogP contribution < -0.4 is 14.8 Å². The van der Waals surface area contributed by atoms with Gasteiger partial charge in [-0.05, 0) is 60.5 Å². The predicted molar refractivity (Wildman–Crippen MR) is 119 cm³/mol. The molecule has 0 heterocycles. The molecule has 1 amide bonds. The molecule has 0 aromatic heterocycles. The van der Waals surface area contributed by atoms with Gasteiger partial charge in [-0.1, -0.05) is 42.8 Å². The van der Waals surface area contributed by atoms with Gasteiger partial charge < -0.3 is 10.1 Å². The Morgan fingerprint density at radius 2 is 1.63 bits per heavy atom. The van der Waals surface area contributed by atoms with E-state index < -0.39 is 10.0 Å². The maximum atomic E-state index is 12.5. The summed E-state index contributed by atoms with van der Waals surface area (Å²) in [6, 6.07) is 19.9. The zero-order valence-electron chi connectivity index (χ0n) is 16.3. The monoisotopic (exact) mass is 444 g/mol. The van der Waals surface area contributed by atoms with Gasteiger partial charge in [0, 0.05) is 5.69 Å². The largest absolute Gasteiger partial charge is 0.484 e. The van der Waals surface area contributed by atoms with Crippen molar-refractivity contribution in [1.82, 2.24) is 0 Å². The van der Waals surface area contributed by atoms with E-state index in [0.29, 0.717) is 22.1 Å². The van der Waals surface area contributed by atoms with Gasteiger partial charge in [-0.3, -0.25) is 9.52 Å². The molecule has 0 saturated carbocycles. The number of aryl methyl sites for hydroxylation is 1. The van der Waals surface area contributed by atoms with Gasteiger partial charge in [0.15, 0.2) is 6.61 Å². The van der Waals surface area contributed by atoms with Gasteiger partial charge in [-0.2, -0.15) is 0 Å². The maximum absolute atomic E-state index is 12.5. The number of benzene rings is 3. The third kappa shape index (κ3) is 5.75. The number of halogens is 1. The zero-order chi connectivity index (χ0) is 21.6. The van der Waals surface area contributed by atoms with Crippen molar-refractivity contribution in [3.05, 3.63) is 83.4 Å². The number of carbonyl (C=O) groups excluding carboxylic acids is 1. The Morgan fingerprint density at radius 3 is 2.27 bits per heavy atom. The SMILES string of the molecule is CCc1ccc(OCC(=O)Nc2ccc(S(=O)(=O)Nc3ccccc3Cl)cc2)cc1. The van der Waals surface area contributed by atoms with E-state index in [4.69, 9.17) is 16.3 Å². The van der Waals surface area contributed by atoms with Crippen LogP contribution in [0.1, 0.15) is 12.5 Å². The predicted octanol–water partition coefficient (Wildman–Crippen LogP) is 4.72. The molecule has 0 saturated heterocycles. The van der Waals surface area contributed by atoms with Crippen molar-refractivity contribution in [2.75, 3.05) is 16.6 Å². The molecule has 0 unspecified atom stereocenters. The molecule has 0 fully saturated rings. The fourth-order valence-corrected chi connectivity index (χ4v) is 3.95. The summed E-state index contributed by atoms with van der Waals surface area (Å²) < 4.78 is 32.9. The molecular weight excluding hydrogens is 424 g/mol. The Kier molecular flexibility index (Phi) is 6.97. The fourth-order valence-electron chi connectivity index (χ4n) is 2.63. The van der Waals surface area contributed by atoms with Crippen LogP contribution in [0, 0.1) is 0 Å². The van der Waals surface area contributed by atoms with E-state index in [1.807, 2.05) is 24.3 Å². The van der Waals surface area contributed by atoms with E-state index in [-0.39, 0.29) is 17.4 Å². The van der Waals surface area contributed by atoms with E-state index in [1.165, 1.54) is 29.8 Å². The highest BCUT2D eigenvalue weighted by atomic mass is 35.5. The highest BCUT2D eigenvalue weighted by Crippen LogP contribution is 2.24. The van der Waals surface area contributed by atoms with Crippen LogP contribution in [0.25, 0.3) is 0 Å². The van der Waals surface area contributed by atoms with Crippen LogP contribution in [-0.4, -0.2) is 20.9 Å². The zero-order valence-corrected chi connectivity index (χ0v) is 17.8. The first-order valence-corrected chi connectivity index (χ1v) is 11.1. The van der Waals surface area contributed by atoms with Gasteiger partial charge in [0.1, 0.15) is 5.75 Å². The minimum Gasteiger partial charge on any atom is -0.484 e. The van der Waals surface area contributed by atoms with Crippen LogP contribution in [-0.2, 0) is 21.2 Å². The van der Waals surface area contributed by atoms with Gasteiger partial charge >= 0.3 is 0 Å². The van der Waals surface area contributed by atoms with E-state index in [2.05, 4.69) is 17.0 Å². The summed E-state index contributed by atoms with van der Waals surface area (Å²) in [7, 11) is -3.80. The molecule has 0 bridgehead atoms. The number of nitrogens with one attached hydrogen (secondary N) is 2. The molecule has 3 aromatic carbocycles. The Hall–Kier alpha value is -3.03. The molecule has 30 heavy (non-hydrogen) atoms. The van der Waals surface area contributed by atoms with Crippen LogP contribution in [0.3, 0.4) is 0 Å². The van der Waals surface area contributed by atoms with Gasteiger partial charge in [-0.15, -0.1) is 0 Å². The quantitative estimate of drug-likeness (QED) is 0.526. The first-order valence-electron chi connectivity index (χ1n) is 9.26. The number of sulfonamides is 1. The molecule has 0 radical (unpaired) electrons. The smallest absolute Gasteiger partial charge is 0.262 e. The number of rotatable bonds is 8. The summed E-state index contributed by atoms with van der Waals surface area (Å²) >= 11 is 6.00. The van der Waals surface area contributed by atoms with Crippen LogP contribution in [0.5, 0.6) is 5.75 Å². The second kappa shape index (κ2) is 9.65. The minimum absolute atomic E-state index is 0.0488. The normalized spacial score (nSPS) is 11.0. The summed E-state index contributed by atoms with van der Waals surface area (Å²) in [6.07, 6.45) is 0.931. The molecule has 6 nitrogen and oxygen atoms in total. The van der Waals surface area contributed by atoms with Crippen molar-refractivity contribution >= 4 is 38.9 Å². The number of hydrogen-bond acceptors (Lipinski definition) is 4. The number of ether oxygens (including phenoxy) is 1. The van der Waals surface area contributed by atoms with Crippen LogP contribution in [0.2, 0.25) is 5.02 Å². The lowest BCUT2D eigenvalue weighted by molar-refractivity contribution is -0.118. The second-order valence-corrected chi connectivity index (χ2v) is 8.53. The first kappa shape index (κ1) is 21.7. The van der Waals surface area contributed by atoms with Crippen LogP contribution in [0.4, 0.5) is 11.4 Å². The maximum Gasteiger partial charge on any atom is 0.262 e. The van der Waals surface area contributed by atoms with Crippen molar-refractivity contribution in [2.45, 2.75) is 18.2 Å². The van der Waals surface area contributed by atoms with Gasteiger partial charge in [0.2, 0.25) is 0 Å². The van der Waals surface area contributed by atoms with Crippen LogP contribution in [0.15, 0.2) is 77.7 Å². The Labute approximate surface area is 180 Å². The Balaban J connectivity index is 1.58. The fraction of sp³-hybridized carbons (Fsp3) is 0.136. The summed E-state index contributed by atoms with van der Waals surface area (Å²) in [6.45, 7) is 1.91.